The minimum atomic E-state index is -4.24. The van der Waals surface area contributed by atoms with Crippen LogP contribution in [0.15, 0.2) is 0 Å². The Morgan fingerprint density at radius 2 is 2.08 bits per heavy atom. The lowest BCUT2D eigenvalue weighted by Gasteiger charge is -2.15. The Bertz CT molecular complexity index is 169. The lowest BCUT2D eigenvalue weighted by atomic mass is 10.5. The molecule has 0 radical (unpaired) electrons. The van der Waals surface area contributed by atoms with E-state index in [4.69, 9.17) is 10.1 Å². The van der Waals surface area contributed by atoms with Gasteiger partial charge in [0.2, 0.25) is 6.41 Å². The minimum Gasteiger partial charge on any atom is -0.779 e. The fraction of sp³-hybridized carbons (Fsp3) is 0.750. The van der Waals surface area contributed by atoms with Crippen LogP contribution in [0.1, 0.15) is 6.42 Å². The van der Waals surface area contributed by atoms with Crippen LogP contribution in [0.3, 0.4) is 0 Å². The predicted octanol–water partition coefficient (Wildman–Crippen LogP) is -0.854. The fourth-order valence-corrected chi connectivity index (χ4v) is 1.03. The summed E-state index contributed by atoms with van der Waals surface area (Å²) in [5.74, 6) is 0. The molecule has 1 atom stereocenters. The Hall–Kier alpha value is -0.460. The molecule has 0 aliphatic heterocycles. The molecule has 0 fully saturated rings. The van der Waals surface area contributed by atoms with E-state index in [-0.39, 0.29) is 25.5 Å². The third kappa shape index (κ3) is 9.54. The summed E-state index contributed by atoms with van der Waals surface area (Å²) in [5.41, 5.74) is 0. The highest BCUT2D eigenvalue weighted by Gasteiger charge is 2.02. The van der Waals surface area contributed by atoms with Gasteiger partial charge in [-0.1, -0.05) is 0 Å². The highest BCUT2D eigenvalue weighted by Crippen LogP contribution is 2.28. The Kier molecular flexibility index (Phi) is 7.16. The Balaban J connectivity index is 0. The molecule has 7 nitrogen and oxygen atoms in total. The van der Waals surface area contributed by atoms with Gasteiger partial charge in [-0.2, -0.15) is 0 Å². The number of hydrogen-bond acceptors (Lipinski definition) is 4. The summed E-state index contributed by atoms with van der Waals surface area (Å²) in [6.07, 6.45) is -0.252. The zero-order valence-electron chi connectivity index (χ0n) is 6.71. The van der Waals surface area contributed by atoms with Crippen LogP contribution in [-0.4, -0.2) is 34.3 Å². The van der Waals surface area contributed by atoms with Crippen molar-refractivity contribution in [3.63, 3.8) is 0 Å². The first kappa shape index (κ1) is 14.1. The molecule has 0 saturated heterocycles. The van der Waals surface area contributed by atoms with Gasteiger partial charge in [0, 0.05) is 12.7 Å². The smallest absolute Gasteiger partial charge is 0.233 e. The van der Waals surface area contributed by atoms with Crippen molar-refractivity contribution in [1.82, 2.24) is 11.2 Å². The maximum atomic E-state index is 10.1. The minimum absolute atomic E-state index is 0. The van der Waals surface area contributed by atoms with Crippen LogP contribution in [0, 0.1) is 0 Å². The van der Waals surface area contributed by atoms with E-state index in [1.165, 1.54) is 0 Å². The molecule has 0 rings (SSSR count). The van der Waals surface area contributed by atoms with Crippen LogP contribution in [0.4, 0.5) is 0 Å². The van der Waals surface area contributed by atoms with E-state index in [2.05, 4.69) is 0 Å². The van der Waals surface area contributed by atoms with Gasteiger partial charge in [-0.05, 0) is 6.42 Å². The van der Waals surface area contributed by atoms with Gasteiger partial charge in [-0.3, -0.25) is 10.0 Å². The van der Waals surface area contributed by atoms with E-state index in [1.807, 2.05) is 0 Å². The SMILES string of the molecule is O=CN(O)CCCP(=O)([O-])O.[NH4+]. The van der Waals surface area contributed by atoms with Crippen molar-refractivity contribution in [2.24, 2.45) is 0 Å². The highest BCUT2D eigenvalue weighted by atomic mass is 31.2. The van der Waals surface area contributed by atoms with Gasteiger partial charge in [0.15, 0.2) is 0 Å². The van der Waals surface area contributed by atoms with Gasteiger partial charge in [0.1, 0.15) is 7.60 Å². The average Bonchev–Trinajstić information content (AvgIpc) is 1.85. The molecule has 0 aromatic rings. The molecular weight excluding hydrogens is 187 g/mol. The molecule has 0 aromatic heterocycles. The normalized spacial score (nSPS) is 14.2. The van der Waals surface area contributed by atoms with E-state index in [1.54, 1.807) is 0 Å². The summed E-state index contributed by atoms with van der Waals surface area (Å²) >= 11 is 0. The van der Waals surface area contributed by atoms with Crippen LogP contribution in [0.2, 0.25) is 0 Å². The lowest BCUT2D eigenvalue weighted by molar-refractivity contribution is -0.193. The van der Waals surface area contributed by atoms with Crippen molar-refractivity contribution in [3.05, 3.63) is 0 Å². The molecule has 74 valence electrons. The summed E-state index contributed by atoms with van der Waals surface area (Å²) in [6.45, 7) is -0.101. The van der Waals surface area contributed by atoms with E-state index in [0.29, 0.717) is 5.06 Å². The number of quaternary nitrogens is 1. The largest absolute Gasteiger partial charge is 0.779 e. The molecule has 0 aromatic carbocycles. The second-order valence-corrected chi connectivity index (χ2v) is 3.71. The van der Waals surface area contributed by atoms with E-state index in [9.17, 15) is 14.3 Å². The molecule has 1 unspecified atom stereocenters. The Morgan fingerprint density at radius 1 is 1.58 bits per heavy atom. The van der Waals surface area contributed by atoms with E-state index >= 15 is 0 Å². The third-order valence-electron chi connectivity index (χ3n) is 0.950. The monoisotopic (exact) mass is 200 g/mol. The second kappa shape index (κ2) is 6.10. The maximum absolute atomic E-state index is 10.1. The summed E-state index contributed by atoms with van der Waals surface area (Å²) in [5, 5.41) is 8.76. The number of hydrogen-bond donors (Lipinski definition) is 3. The molecule has 0 saturated carbocycles. The number of amides is 1. The second-order valence-electron chi connectivity index (χ2n) is 1.98. The fourth-order valence-electron chi connectivity index (χ4n) is 0.485. The van der Waals surface area contributed by atoms with Gasteiger partial charge in [-0.15, -0.1) is 0 Å². The van der Waals surface area contributed by atoms with Gasteiger partial charge in [0.05, 0.1) is 0 Å². The zero-order valence-corrected chi connectivity index (χ0v) is 7.61. The molecule has 0 aliphatic rings. The molecule has 0 spiro atoms. The van der Waals surface area contributed by atoms with Crippen LogP contribution in [-0.2, 0) is 9.36 Å². The van der Waals surface area contributed by atoms with Crippen LogP contribution < -0.4 is 11.0 Å². The van der Waals surface area contributed by atoms with Crippen LogP contribution in [0.25, 0.3) is 0 Å². The van der Waals surface area contributed by atoms with Gasteiger partial charge < -0.3 is 20.5 Å². The van der Waals surface area contributed by atoms with E-state index < -0.39 is 13.8 Å². The van der Waals surface area contributed by atoms with Gasteiger partial charge >= 0.3 is 0 Å². The molecule has 0 heterocycles. The molecule has 8 heteroatoms. The van der Waals surface area contributed by atoms with Crippen LogP contribution >= 0.6 is 7.60 Å². The van der Waals surface area contributed by atoms with Crippen molar-refractivity contribution in [3.8, 4) is 0 Å². The molecule has 1 amide bonds. The molecule has 6 N–H and O–H groups in total. The van der Waals surface area contributed by atoms with Crippen molar-refractivity contribution in [2.75, 3.05) is 12.7 Å². The number of hydroxylamine groups is 2. The Morgan fingerprint density at radius 3 is 2.42 bits per heavy atom. The summed E-state index contributed by atoms with van der Waals surface area (Å²) < 4.78 is 10.1. The first-order chi connectivity index (χ1) is 4.95. The van der Waals surface area contributed by atoms with Crippen molar-refractivity contribution in [2.45, 2.75) is 6.42 Å². The average molecular weight is 200 g/mol. The molecular formula is C4H13N2O5P. The third-order valence-corrected chi connectivity index (χ3v) is 1.83. The highest BCUT2D eigenvalue weighted by molar-refractivity contribution is 7.50. The van der Waals surface area contributed by atoms with Gasteiger partial charge in [0.25, 0.3) is 0 Å². The Labute approximate surface area is 69.7 Å². The summed E-state index contributed by atoms with van der Waals surface area (Å²) in [6, 6.07) is 0. The number of nitrogens with zero attached hydrogens (tertiary/aromatic N) is 1. The lowest BCUT2D eigenvalue weighted by Crippen LogP contribution is -2.19. The molecule has 0 aliphatic carbocycles. The van der Waals surface area contributed by atoms with Crippen molar-refractivity contribution < 1.29 is 24.4 Å². The quantitative estimate of drug-likeness (QED) is 0.229. The van der Waals surface area contributed by atoms with Crippen molar-refractivity contribution >= 4 is 14.0 Å². The summed E-state index contributed by atoms with van der Waals surface area (Å²) in [4.78, 5) is 28.0. The maximum Gasteiger partial charge on any atom is 0.233 e. The first-order valence-corrected chi connectivity index (χ1v) is 4.65. The molecule has 12 heavy (non-hydrogen) atoms. The first-order valence-electron chi connectivity index (χ1n) is 2.89. The summed E-state index contributed by atoms with van der Waals surface area (Å²) in [7, 11) is -4.24. The van der Waals surface area contributed by atoms with E-state index in [0.717, 1.165) is 0 Å². The zero-order chi connectivity index (χ0) is 8.91. The van der Waals surface area contributed by atoms with Gasteiger partial charge in [-0.25, -0.2) is 5.06 Å². The standard InChI is InChI=1S/C4H10NO5P.H3N/c6-4-5(7)2-1-3-11(8,9)10;/h4,7H,1-3H2,(H2,8,9,10);1H3. The predicted molar refractivity (Wildman–Crippen MR) is 39.9 cm³/mol. The van der Waals surface area contributed by atoms with Crippen molar-refractivity contribution in [1.29, 1.82) is 0 Å². The number of carbonyl (C=O) groups excluding carboxylic acids is 1. The topological polar surface area (TPSA) is 137 Å². The molecule has 0 bridgehead atoms. The van der Waals surface area contributed by atoms with Crippen LogP contribution in [0.5, 0.6) is 0 Å². The number of rotatable bonds is 5. The number of carbonyl (C=O) groups is 1.